The predicted molar refractivity (Wildman–Crippen MR) is 76.0 cm³/mol. The average Bonchev–Trinajstić information content (AvgIpc) is 2.89. The van der Waals surface area contributed by atoms with E-state index < -0.39 is 0 Å². The Balaban J connectivity index is 2.05. The Morgan fingerprint density at radius 3 is 2.89 bits per heavy atom. The van der Waals surface area contributed by atoms with E-state index in [1.807, 2.05) is 6.92 Å². The van der Waals surface area contributed by atoms with Crippen molar-refractivity contribution in [1.29, 1.82) is 0 Å². The highest BCUT2D eigenvalue weighted by atomic mass is 16.5. The normalized spacial score (nSPS) is 32.0. The Bertz CT molecular complexity index is 309. The first-order chi connectivity index (χ1) is 9.10. The molecule has 2 fully saturated rings. The van der Waals surface area contributed by atoms with Gasteiger partial charge in [0.2, 0.25) is 5.91 Å². The number of carbonyl (C=O) groups excluding carboxylic acids is 1. The largest absolute Gasteiger partial charge is 0.377 e. The van der Waals surface area contributed by atoms with Gasteiger partial charge >= 0.3 is 0 Å². The van der Waals surface area contributed by atoms with E-state index in [1.54, 1.807) is 0 Å². The third kappa shape index (κ3) is 2.95. The molecule has 4 nitrogen and oxygen atoms in total. The van der Waals surface area contributed by atoms with E-state index in [9.17, 15) is 4.79 Å². The number of nitrogens with zero attached hydrogens (tertiary/aromatic N) is 1. The summed E-state index contributed by atoms with van der Waals surface area (Å²) in [7, 11) is 0. The molecule has 0 radical (unpaired) electrons. The quantitative estimate of drug-likeness (QED) is 0.843. The first-order valence-corrected chi connectivity index (χ1v) is 7.72. The molecule has 2 heterocycles. The van der Waals surface area contributed by atoms with Gasteiger partial charge in [-0.25, -0.2) is 0 Å². The Hall–Kier alpha value is -0.610. The number of amides is 1. The molecule has 4 heteroatoms. The summed E-state index contributed by atoms with van der Waals surface area (Å²) in [4.78, 5) is 15.0. The molecule has 2 aliphatic heterocycles. The highest BCUT2D eigenvalue weighted by molar-refractivity contribution is 5.84. The van der Waals surface area contributed by atoms with Crippen LogP contribution in [0.1, 0.15) is 40.0 Å². The van der Waals surface area contributed by atoms with Gasteiger partial charge in [-0.15, -0.1) is 0 Å². The summed E-state index contributed by atoms with van der Waals surface area (Å²) in [5, 5.41) is 3.37. The zero-order valence-corrected chi connectivity index (χ0v) is 12.6. The second-order valence-electron chi connectivity index (χ2n) is 6.21. The summed E-state index contributed by atoms with van der Waals surface area (Å²) >= 11 is 0. The topological polar surface area (TPSA) is 41.6 Å². The molecule has 0 spiro atoms. The van der Waals surface area contributed by atoms with Crippen LogP contribution in [0, 0.1) is 11.3 Å². The van der Waals surface area contributed by atoms with E-state index in [1.165, 1.54) is 0 Å². The van der Waals surface area contributed by atoms with Crippen molar-refractivity contribution in [2.45, 2.75) is 46.1 Å². The Morgan fingerprint density at radius 2 is 2.32 bits per heavy atom. The van der Waals surface area contributed by atoms with E-state index in [2.05, 4.69) is 24.1 Å². The summed E-state index contributed by atoms with van der Waals surface area (Å²) in [5.41, 5.74) is -0.186. The lowest BCUT2D eigenvalue weighted by molar-refractivity contribution is -0.147. The van der Waals surface area contributed by atoms with Crippen molar-refractivity contribution >= 4 is 5.91 Å². The molecule has 1 N–H and O–H groups in total. The minimum absolute atomic E-state index is 0.186. The van der Waals surface area contributed by atoms with Gasteiger partial charge in [-0.2, -0.15) is 0 Å². The zero-order valence-electron chi connectivity index (χ0n) is 12.6. The highest BCUT2D eigenvalue weighted by Crippen LogP contribution is 2.37. The molecule has 2 rings (SSSR count). The van der Waals surface area contributed by atoms with Gasteiger partial charge in [-0.3, -0.25) is 4.79 Å². The van der Waals surface area contributed by atoms with E-state index >= 15 is 0 Å². The van der Waals surface area contributed by atoms with Crippen molar-refractivity contribution in [3.05, 3.63) is 0 Å². The summed E-state index contributed by atoms with van der Waals surface area (Å²) in [6, 6.07) is 0. The van der Waals surface area contributed by atoms with Gasteiger partial charge in [-0.1, -0.05) is 13.8 Å². The van der Waals surface area contributed by atoms with Crippen molar-refractivity contribution in [3.8, 4) is 0 Å². The number of likely N-dealkylation sites (tertiary alicyclic amines) is 1. The minimum Gasteiger partial charge on any atom is -0.377 e. The number of piperidine rings is 1. The van der Waals surface area contributed by atoms with Crippen LogP contribution in [-0.4, -0.2) is 49.7 Å². The number of nitrogens with one attached hydrogen (secondary N) is 1. The molecule has 2 saturated heterocycles. The molecule has 0 saturated carbocycles. The van der Waals surface area contributed by atoms with Crippen LogP contribution in [-0.2, 0) is 9.53 Å². The van der Waals surface area contributed by atoms with Gasteiger partial charge in [0.25, 0.3) is 0 Å². The van der Waals surface area contributed by atoms with Crippen molar-refractivity contribution in [2.24, 2.45) is 11.3 Å². The number of ether oxygens (including phenoxy) is 1. The van der Waals surface area contributed by atoms with Gasteiger partial charge in [-0.05, 0) is 38.6 Å². The second-order valence-corrected chi connectivity index (χ2v) is 6.21. The van der Waals surface area contributed by atoms with E-state index in [-0.39, 0.29) is 11.5 Å². The van der Waals surface area contributed by atoms with Gasteiger partial charge in [0.15, 0.2) is 0 Å². The van der Waals surface area contributed by atoms with Gasteiger partial charge in [0.1, 0.15) is 0 Å². The lowest BCUT2D eigenvalue weighted by Gasteiger charge is -2.40. The van der Waals surface area contributed by atoms with Crippen molar-refractivity contribution in [3.63, 3.8) is 0 Å². The van der Waals surface area contributed by atoms with E-state index in [0.29, 0.717) is 11.8 Å². The number of hydrogen-bond donors (Lipinski definition) is 1. The molecule has 110 valence electrons. The van der Waals surface area contributed by atoms with Gasteiger partial charge in [0, 0.05) is 26.2 Å². The van der Waals surface area contributed by atoms with Crippen molar-refractivity contribution in [1.82, 2.24) is 10.2 Å². The summed E-state index contributed by atoms with van der Waals surface area (Å²) in [6.07, 6.45) is 3.36. The molecule has 0 aromatic rings. The first kappa shape index (κ1) is 14.8. The highest BCUT2D eigenvalue weighted by Gasteiger charge is 2.46. The monoisotopic (exact) mass is 268 g/mol. The van der Waals surface area contributed by atoms with Crippen LogP contribution < -0.4 is 5.32 Å². The molecule has 1 amide bonds. The molecule has 19 heavy (non-hydrogen) atoms. The van der Waals surface area contributed by atoms with Crippen LogP contribution in [0.3, 0.4) is 0 Å². The second kappa shape index (κ2) is 6.23. The smallest absolute Gasteiger partial charge is 0.230 e. The van der Waals surface area contributed by atoms with Crippen LogP contribution in [0.15, 0.2) is 0 Å². The van der Waals surface area contributed by atoms with Crippen LogP contribution >= 0.6 is 0 Å². The number of carbonyl (C=O) groups is 1. The molecular formula is C15H28N2O2. The fourth-order valence-corrected chi connectivity index (χ4v) is 3.44. The van der Waals surface area contributed by atoms with E-state index in [4.69, 9.17) is 4.74 Å². The van der Waals surface area contributed by atoms with Gasteiger partial charge < -0.3 is 15.0 Å². The van der Waals surface area contributed by atoms with Crippen LogP contribution in [0.2, 0.25) is 0 Å². The lowest BCUT2D eigenvalue weighted by Crippen LogP contribution is -2.52. The Morgan fingerprint density at radius 1 is 1.53 bits per heavy atom. The standard InChI is InChI=1S/C15H28N2O2/c1-4-19-13-6-5-9-17(10-13)14(18)15(12(2)3)7-8-16-11-15/h12-13,16H,4-11H2,1-3H3. The lowest BCUT2D eigenvalue weighted by atomic mass is 9.75. The van der Waals surface area contributed by atoms with E-state index in [0.717, 1.165) is 52.0 Å². The minimum atomic E-state index is -0.186. The van der Waals surface area contributed by atoms with Gasteiger partial charge in [0.05, 0.1) is 11.5 Å². The maximum atomic E-state index is 12.9. The first-order valence-electron chi connectivity index (χ1n) is 7.72. The Kier molecular flexibility index (Phi) is 4.85. The number of rotatable bonds is 4. The zero-order chi connectivity index (χ0) is 13.9. The molecular weight excluding hydrogens is 240 g/mol. The van der Waals surface area contributed by atoms with Crippen LogP contribution in [0.5, 0.6) is 0 Å². The van der Waals surface area contributed by atoms with Crippen LogP contribution in [0.25, 0.3) is 0 Å². The van der Waals surface area contributed by atoms with Crippen molar-refractivity contribution in [2.75, 3.05) is 32.8 Å². The number of hydrogen-bond acceptors (Lipinski definition) is 3. The summed E-state index contributed by atoms with van der Waals surface area (Å²) < 4.78 is 5.71. The summed E-state index contributed by atoms with van der Waals surface area (Å²) in [5.74, 6) is 0.736. The molecule has 2 aliphatic rings. The molecule has 0 aromatic heterocycles. The Labute approximate surface area is 116 Å². The molecule has 2 atom stereocenters. The maximum Gasteiger partial charge on any atom is 0.230 e. The average molecular weight is 268 g/mol. The molecule has 0 aromatic carbocycles. The fraction of sp³-hybridized carbons (Fsp3) is 0.933. The fourth-order valence-electron chi connectivity index (χ4n) is 3.44. The van der Waals surface area contributed by atoms with Crippen LogP contribution in [0.4, 0.5) is 0 Å². The third-order valence-electron chi connectivity index (χ3n) is 4.79. The molecule has 2 unspecified atom stereocenters. The maximum absolute atomic E-state index is 12.9. The third-order valence-corrected chi connectivity index (χ3v) is 4.79. The SMILES string of the molecule is CCOC1CCCN(C(=O)C2(C(C)C)CCNC2)C1. The molecule has 0 bridgehead atoms. The predicted octanol–water partition coefficient (Wildman–Crippen LogP) is 1.65. The molecule has 0 aliphatic carbocycles. The van der Waals surface area contributed by atoms with Crippen molar-refractivity contribution < 1.29 is 9.53 Å². The summed E-state index contributed by atoms with van der Waals surface area (Å²) in [6.45, 7) is 10.6.